The molecule has 0 aliphatic rings. The summed E-state index contributed by atoms with van der Waals surface area (Å²) in [5.74, 6) is -1.66. The summed E-state index contributed by atoms with van der Waals surface area (Å²) < 4.78 is 73.0. The minimum absolute atomic E-state index is 0.0525. The Kier molecular flexibility index (Phi) is 7.68. The summed E-state index contributed by atoms with van der Waals surface area (Å²) in [7, 11) is -4.43. The number of hydrogen-bond donors (Lipinski definition) is 1. The van der Waals surface area contributed by atoms with E-state index in [0.29, 0.717) is 12.8 Å². The number of unbranched alkanes of at least 4 members (excludes halogenated alkanes) is 1. The summed E-state index contributed by atoms with van der Waals surface area (Å²) in [5, 5.41) is 0. The summed E-state index contributed by atoms with van der Waals surface area (Å²) in [6.45, 7) is 3.47. The Labute approximate surface area is 144 Å². The van der Waals surface area contributed by atoms with Crippen LogP contribution in [0.3, 0.4) is 0 Å². The third-order valence-corrected chi connectivity index (χ3v) is 4.59. The molecule has 6 nitrogen and oxygen atoms in total. The molecule has 0 bridgehead atoms. The molecule has 1 aromatic carbocycles. The third kappa shape index (κ3) is 6.91. The number of carbonyl (C=O) groups excluding carboxylic acids is 1. The van der Waals surface area contributed by atoms with Crippen molar-refractivity contribution in [1.29, 1.82) is 0 Å². The average Bonchev–Trinajstić information content (AvgIpc) is 2.50. The Morgan fingerprint density at radius 3 is 2.44 bits per heavy atom. The largest absolute Gasteiger partial charge is 0.573 e. The lowest BCUT2D eigenvalue weighted by molar-refractivity contribution is -0.275. The Morgan fingerprint density at radius 2 is 1.88 bits per heavy atom. The Morgan fingerprint density at radius 1 is 1.24 bits per heavy atom. The quantitative estimate of drug-likeness (QED) is 0.663. The molecule has 1 unspecified atom stereocenters. The SMILES string of the molecule is CCCCC(NS(=O)(=O)c1ccccc1OC(F)(F)F)C(=O)OCC. The van der Waals surface area contributed by atoms with E-state index in [4.69, 9.17) is 4.74 Å². The van der Waals surface area contributed by atoms with Crippen molar-refractivity contribution in [3.8, 4) is 5.75 Å². The smallest absolute Gasteiger partial charge is 0.465 e. The van der Waals surface area contributed by atoms with Gasteiger partial charge in [-0.15, -0.1) is 13.2 Å². The van der Waals surface area contributed by atoms with Crippen molar-refractivity contribution in [1.82, 2.24) is 4.72 Å². The molecule has 0 spiro atoms. The van der Waals surface area contributed by atoms with Crippen molar-refractivity contribution in [2.24, 2.45) is 0 Å². The van der Waals surface area contributed by atoms with Gasteiger partial charge in [0, 0.05) is 0 Å². The highest BCUT2D eigenvalue weighted by Crippen LogP contribution is 2.29. The fourth-order valence-corrected chi connectivity index (χ4v) is 3.36. The van der Waals surface area contributed by atoms with Gasteiger partial charge >= 0.3 is 12.3 Å². The Hall–Kier alpha value is -1.81. The van der Waals surface area contributed by atoms with E-state index in [0.717, 1.165) is 12.1 Å². The molecule has 0 aliphatic heterocycles. The molecule has 0 radical (unpaired) electrons. The topological polar surface area (TPSA) is 81.7 Å². The van der Waals surface area contributed by atoms with Crippen LogP contribution in [0.4, 0.5) is 13.2 Å². The molecule has 0 amide bonds. The molecule has 1 aromatic rings. The van der Waals surface area contributed by atoms with Crippen LogP contribution in [0.1, 0.15) is 33.1 Å². The molecule has 1 N–H and O–H groups in total. The van der Waals surface area contributed by atoms with Crippen LogP contribution in [0.2, 0.25) is 0 Å². The molecule has 0 heterocycles. The fraction of sp³-hybridized carbons (Fsp3) is 0.533. The number of hydrogen-bond acceptors (Lipinski definition) is 5. The normalized spacial score (nSPS) is 13.3. The number of ether oxygens (including phenoxy) is 2. The monoisotopic (exact) mass is 383 g/mol. The van der Waals surface area contributed by atoms with Crippen LogP contribution in [-0.4, -0.2) is 33.4 Å². The van der Waals surface area contributed by atoms with Gasteiger partial charge in [0.25, 0.3) is 0 Å². The summed E-state index contributed by atoms with van der Waals surface area (Å²) >= 11 is 0. The van der Waals surface area contributed by atoms with E-state index in [1.165, 1.54) is 12.1 Å². The maximum Gasteiger partial charge on any atom is 0.573 e. The number of rotatable bonds is 9. The number of esters is 1. The van der Waals surface area contributed by atoms with E-state index < -0.39 is 39.0 Å². The van der Waals surface area contributed by atoms with Gasteiger partial charge < -0.3 is 9.47 Å². The third-order valence-electron chi connectivity index (χ3n) is 3.08. The highest BCUT2D eigenvalue weighted by molar-refractivity contribution is 7.89. The molecule has 1 rings (SSSR count). The standard InChI is InChI=1S/C15H20F3NO5S/c1-3-5-8-11(14(20)23-4-2)19-25(21,22)13-10-7-6-9-12(13)24-15(16,17)18/h6-7,9-11,19H,3-5,8H2,1-2H3. The van der Waals surface area contributed by atoms with Crippen molar-refractivity contribution >= 4 is 16.0 Å². The zero-order valence-electron chi connectivity index (χ0n) is 13.8. The van der Waals surface area contributed by atoms with Crippen LogP contribution in [-0.2, 0) is 19.6 Å². The highest BCUT2D eigenvalue weighted by Gasteiger charge is 2.35. The Balaban J connectivity index is 3.11. The van der Waals surface area contributed by atoms with Crippen molar-refractivity contribution in [2.75, 3.05) is 6.61 Å². The summed E-state index contributed by atoms with van der Waals surface area (Å²) in [5.41, 5.74) is 0. The number of sulfonamides is 1. The van der Waals surface area contributed by atoms with Gasteiger partial charge in [-0.1, -0.05) is 31.9 Å². The molecule has 0 fully saturated rings. The van der Waals surface area contributed by atoms with E-state index >= 15 is 0 Å². The van der Waals surface area contributed by atoms with Gasteiger partial charge in [-0.3, -0.25) is 4.79 Å². The van der Waals surface area contributed by atoms with E-state index in [9.17, 15) is 26.4 Å². The Bertz CT molecular complexity index is 676. The van der Waals surface area contributed by atoms with E-state index in [2.05, 4.69) is 9.46 Å². The molecular weight excluding hydrogens is 363 g/mol. The first kappa shape index (κ1) is 21.2. The second-order valence-electron chi connectivity index (χ2n) is 5.06. The highest BCUT2D eigenvalue weighted by atomic mass is 32.2. The second kappa shape index (κ2) is 9.04. The molecule has 1 atom stereocenters. The number of nitrogens with one attached hydrogen (secondary N) is 1. The van der Waals surface area contributed by atoms with Crippen LogP contribution in [0.25, 0.3) is 0 Å². The number of benzene rings is 1. The van der Waals surface area contributed by atoms with Crippen LogP contribution in [0, 0.1) is 0 Å². The maximum absolute atomic E-state index is 12.5. The summed E-state index contributed by atoms with van der Waals surface area (Å²) in [6, 6.07) is 3.12. The minimum atomic E-state index is -5.05. The molecule has 0 aromatic heterocycles. The molecule has 25 heavy (non-hydrogen) atoms. The number of halogens is 3. The number of para-hydroxylation sites is 1. The first-order chi connectivity index (χ1) is 11.6. The van der Waals surface area contributed by atoms with Gasteiger partial charge in [-0.25, -0.2) is 8.42 Å². The molecular formula is C15H20F3NO5S. The van der Waals surface area contributed by atoms with Crippen molar-refractivity contribution in [3.63, 3.8) is 0 Å². The van der Waals surface area contributed by atoms with Crippen molar-refractivity contribution in [2.45, 2.75) is 50.4 Å². The molecule has 0 aliphatic carbocycles. The minimum Gasteiger partial charge on any atom is -0.465 e. The lowest BCUT2D eigenvalue weighted by atomic mass is 10.1. The van der Waals surface area contributed by atoms with Gasteiger partial charge in [0.1, 0.15) is 16.7 Å². The number of alkyl halides is 3. The van der Waals surface area contributed by atoms with E-state index in [-0.39, 0.29) is 13.0 Å². The molecule has 10 heteroatoms. The molecule has 142 valence electrons. The average molecular weight is 383 g/mol. The van der Waals surface area contributed by atoms with Crippen molar-refractivity contribution < 1.29 is 35.9 Å². The first-order valence-electron chi connectivity index (χ1n) is 7.64. The predicted molar refractivity (Wildman–Crippen MR) is 83.4 cm³/mol. The molecule has 0 saturated heterocycles. The van der Waals surface area contributed by atoms with Gasteiger partial charge in [0.05, 0.1) is 6.61 Å². The lowest BCUT2D eigenvalue weighted by Gasteiger charge is -2.19. The first-order valence-corrected chi connectivity index (χ1v) is 9.12. The van der Waals surface area contributed by atoms with Crippen LogP contribution in [0.15, 0.2) is 29.2 Å². The predicted octanol–water partition coefficient (Wildman–Crippen LogP) is 2.99. The summed E-state index contributed by atoms with van der Waals surface area (Å²) in [6.07, 6.45) is -3.65. The van der Waals surface area contributed by atoms with E-state index in [1.54, 1.807) is 6.92 Å². The van der Waals surface area contributed by atoms with Crippen molar-refractivity contribution in [3.05, 3.63) is 24.3 Å². The van der Waals surface area contributed by atoms with Gasteiger partial charge in [0.15, 0.2) is 0 Å². The van der Waals surface area contributed by atoms with Gasteiger partial charge in [-0.05, 0) is 25.5 Å². The lowest BCUT2D eigenvalue weighted by Crippen LogP contribution is -2.42. The van der Waals surface area contributed by atoms with Crippen LogP contribution in [0.5, 0.6) is 5.75 Å². The number of carbonyl (C=O) groups is 1. The maximum atomic E-state index is 12.5. The van der Waals surface area contributed by atoms with Crippen LogP contribution < -0.4 is 9.46 Å². The zero-order chi connectivity index (χ0) is 19.1. The fourth-order valence-electron chi connectivity index (χ4n) is 2.01. The van der Waals surface area contributed by atoms with Gasteiger partial charge in [-0.2, -0.15) is 4.72 Å². The van der Waals surface area contributed by atoms with E-state index in [1.807, 2.05) is 6.92 Å². The van der Waals surface area contributed by atoms with Crippen LogP contribution >= 0.6 is 0 Å². The second-order valence-corrected chi connectivity index (χ2v) is 6.75. The summed E-state index contributed by atoms with van der Waals surface area (Å²) in [4.78, 5) is 11.2. The van der Waals surface area contributed by atoms with Gasteiger partial charge in [0.2, 0.25) is 10.0 Å². The molecule has 0 saturated carbocycles. The zero-order valence-corrected chi connectivity index (χ0v) is 14.6.